The lowest BCUT2D eigenvalue weighted by Gasteiger charge is -1.92. The van der Waals surface area contributed by atoms with Gasteiger partial charge in [-0.3, -0.25) is 0 Å². The van der Waals surface area contributed by atoms with Gasteiger partial charge in [0.25, 0.3) is 0 Å². The molecule has 0 bridgehead atoms. The van der Waals surface area contributed by atoms with Crippen LogP contribution in [0.5, 0.6) is 0 Å². The molecule has 0 aromatic carbocycles. The van der Waals surface area contributed by atoms with E-state index < -0.39 is 0 Å². The smallest absolute Gasteiger partial charge is 0.151 e. The Kier molecular flexibility index (Phi) is 1.15. The van der Waals surface area contributed by atoms with Gasteiger partial charge in [-0.05, 0) is 0 Å². The summed E-state index contributed by atoms with van der Waals surface area (Å²) in [6, 6.07) is 1.72. The average molecular weight is 149 g/mol. The number of anilines is 1. The molecule has 0 fully saturated rings. The minimum absolute atomic E-state index is 0.500. The Morgan fingerprint density at radius 1 is 1.55 bits per heavy atom. The number of nitrogens with zero attached hydrogens (tertiary/aromatic N) is 3. The van der Waals surface area contributed by atoms with Gasteiger partial charge in [-0.25, -0.2) is 9.67 Å². The van der Waals surface area contributed by atoms with Gasteiger partial charge in [0.2, 0.25) is 0 Å². The molecule has 2 heterocycles. The Hall–Kier alpha value is -1.78. The number of nitrogens with one attached hydrogen (secondary N) is 1. The van der Waals surface area contributed by atoms with Crippen molar-refractivity contribution in [3.05, 3.63) is 24.8 Å². The van der Waals surface area contributed by atoms with Gasteiger partial charge in [0.05, 0.1) is 12.5 Å². The van der Waals surface area contributed by atoms with Gasteiger partial charge >= 0.3 is 0 Å². The van der Waals surface area contributed by atoms with Crippen LogP contribution < -0.4 is 5.73 Å². The van der Waals surface area contributed by atoms with E-state index >= 15 is 0 Å². The molecule has 0 spiro atoms. The van der Waals surface area contributed by atoms with Gasteiger partial charge in [-0.1, -0.05) is 0 Å². The van der Waals surface area contributed by atoms with Crippen LogP contribution in [0.2, 0.25) is 0 Å². The number of nitrogens with two attached hydrogens (primary N) is 1. The lowest BCUT2D eigenvalue weighted by molar-refractivity contribution is 0.859. The molecule has 2 aromatic heterocycles. The maximum absolute atomic E-state index is 5.42. The number of imidazole rings is 1. The number of H-pyrrole nitrogens is 1. The van der Waals surface area contributed by atoms with Crippen LogP contribution in [0, 0.1) is 0 Å². The standard InChI is InChI=1S/C6H7N5/c7-5-1-2-11(10-5)6-3-8-4-9-6/h1-4H,(H2,7,10)(H,8,9). The highest BCUT2D eigenvalue weighted by Crippen LogP contribution is 2.02. The average Bonchev–Trinajstić information content (AvgIpc) is 2.55. The van der Waals surface area contributed by atoms with Crippen LogP contribution in [-0.2, 0) is 0 Å². The molecule has 0 unspecified atom stereocenters. The molecular formula is C6H7N5. The highest BCUT2D eigenvalue weighted by atomic mass is 15.3. The normalized spacial score (nSPS) is 10.2. The van der Waals surface area contributed by atoms with Gasteiger partial charge in [0.15, 0.2) is 5.82 Å². The minimum Gasteiger partial charge on any atom is -0.382 e. The molecule has 3 N–H and O–H groups in total. The second kappa shape index (κ2) is 2.12. The number of nitrogen functional groups attached to an aromatic ring is 1. The van der Waals surface area contributed by atoms with E-state index in [4.69, 9.17) is 5.73 Å². The molecule has 2 rings (SSSR count). The third kappa shape index (κ3) is 0.958. The molecule has 0 atom stereocenters. The van der Waals surface area contributed by atoms with Crippen molar-refractivity contribution in [3.8, 4) is 5.82 Å². The van der Waals surface area contributed by atoms with Gasteiger partial charge < -0.3 is 10.7 Å². The summed E-state index contributed by atoms with van der Waals surface area (Å²) in [6.45, 7) is 0. The third-order valence-electron chi connectivity index (χ3n) is 1.34. The number of hydrogen-bond acceptors (Lipinski definition) is 3. The van der Waals surface area contributed by atoms with Crippen molar-refractivity contribution in [2.75, 3.05) is 5.73 Å². The van der Waals surface area contributed by atoms with E-state index in [1.807, 2.05) is 0 Å². The van der Waals surface area contributed by atoms with Crippen molar-refractivity contribution in [3.63, 3.8) is 0 Å². The maximum Gasteiger partial charge on any atom is 0.151 e. The quantitative estimate of drug-likeness (QED) is 0.607. The first kappa shape index (κ1) is 5.96. The van der Waals surface area contributed by atoms with Gasteiger partial charge in [-0.15, -0.1) is 5.10 Å². The first-order valence-electron chi connectivity index (χ1n) is 3.16. The molecule has 0 saturated heterocycles. The van der Waals surface area contributed by atoms with E-state index in [0.717, 1.165) is 5.82 Å². The summed E-state index contributed by atoms with van der Waals surface area (Å²) in [7, 11) is 0. The van der Waals surface area contributed by atoms with Gasteiger partial charge in [0, 0.05) is 12.3 Å². The lowest BCUT2D eigenvalue weighted by atomic mass is 10.7. The topological polar surface area (TPSA) is 72.5 Å². The second-order valence-electron chi connectivity index (χ2n) is 2.12. The maximum atomic E-state index is 5.42. The summed E-state index contributed by atoms with van der Waals surface area (Å²) in [6.07, 6.45) is 5.03. The van der Waals surface area contributed by atoms with Gasteiger partial charge in [0.1, 0.15) is 5.82 Å². The van der Waals surface area contributed by atoms with Crippen molar-refractivity contribution >= 4 is 5.82 Å². The Labute approximate surface area is 62.9 Å². The van der Waals surface area contributed by atoms with Crippen LogP contribution >= 0.6 is 0 Å². The van der Waals surface area contributed by atoms with Crippen molar-refractivity contribution in [1.29, 1.82) is 0 Å². The fraction of sp³-hybridized carbons (Fsp3) is 0. The molecule has 0 saturated carbocycles. The SMILES string of the molecule is Nc1ccn(-c2cnc[nH]2)n1. The summed E-state index contributed by atoms with van der Waals surface area (Å²) in [5, 5.41) is 3.98. The Bertz CT molecular complexity index is 333. The molecule has 0 aliphatic rings. The van der Waals surface area contributed by atoms with Crippen molar-refractivity contribution in [2.24, 2.45) is 0 Å². The highest BCUT2D eigenvalue weighted by Gasteiger charge is 1.97. The molecule has 5 heteroatoms. The molecule has 0 radical (unpaired) electrons. The minimum atomic E-state index is 0.500. The summed E-state index contributed by atoms with van der Waals surface area (Å²) < 4.78 is 1.63. The third-order valence-corrected chi connectivity index (χ3v) is 1.34. The molecule has 5 nitrogen and oxygen atoms in total. The van der Waals surface area contributed by atoms with Crippen molar-refractivity contribution < 1.29 is 0 Å². The second-order valence-corrected chi connectivity index (χ2v) is 2.12. The fourth-order valence-corrected chi connectivity index (χ4v) is 0.846. The molecule has 0 amide bonds. The van der Waals surface area contributed by atoms with Crippen molar-refractivity contribution in [2.45, 2.75) is 0 Å². The highest BCUT2D eigenvalue weighted by molar-refractivity contribution is 5.28. The van der Waals surface area contributed by atoms with E-state index in [-0.39, 0.29) is 0 Å². The molecule has 0 aliphatic heterocycles. The summed E-state index contributed by atoms with van der Waals surface area (Å²) in [5.74, 6) is 1.31. The number of aromatic amines is 1. The van der Waals surface area contributed by atoms with Crippen LogP contribution in [0.4, 0.5) is 5.82 Å². The Balaban J connectivity index is 2.45. The van der Waals surface area contributed by atoms with E-state index in [2.05, 4.69) is 15.1 Å². The van der Waals surface area contributed by atoms with E-state index in [1.54, 1.807) is 29.5 Å². The number of rotatable bonds is 1. The Morgan fingerprint density at radius 2 is 2.45 bits per heavy atom. The zero-order chi connectivity index (χ0) is 7.68. The van der Waals surface area contributed by atoms with Crippen LogP contribution in [0.25, 0.3) is 5.82 Å². The molecule has 0 aliphatic carbocycles. The van der Waals surface area contributed by atoms with Crippen LogP contribution in [-0.4, -0.2) is 19.7 Å². The predicted molar refractivity (Wildman–Crippen MR) is 40.1 cm³/mol. The monoisotopic (exact) mass is 149 g/mol. The van der Waals surface area contributed by atoms with E-state index in [1.165, 1.54) is 0 Å². The summed E-state index contributed by atoms with van der Waals surface area (Å²) in [5.41, 5.74) is 5.42. The number of hydrogen-bond donors (Lipinski definition) is 2. The first-order valence-corrected chi connectivity index (χ1v) is 3.16. The first-order chi connectivity index (χ1) is 5.36. The van der Waals surface area contributed by atoms with Crippen LogP contribution in [0.3, 0.4) is 0 Å². The van der Waals surface area contributed by atoms with E-state index in [0.29, 0.717) is 5.82 Å². The predicted octanol–water partition coefficient (Wildman–Crippen LogP) is 0.178. The lowest BCUT2D eigenvalue weighted by Crippen LogP contribution is -1.95. The van der Waals surface area contributed by atoms with E-state index in [9.17, 15) is 0 Å². The molecule has 2 aromatic rings. The molecule has 11 heavy (non-hydrogen) atoms. The summed E-state index contributed by atoms with van der Waals surface area (Å²) >= 11 is 0. The zero-order valence-corrected chi connectivity index (χ0v) is 5.73. The van der Waals surface area contributed by atoms with Crippen molar-refractivity contribution in [1.82, 2.24) is 19.7 Å². The summed E-state index contributed by atoms with van der Waals surface area (Å²) in [4.78, 5) is 6.75. The van der Waals surface area contributed by atoms with Crippen LogP contribution in [0.1, 0.15) is 0 Å². The number of aromatic nitrogens is 4. The van der Waals surface area contributed by atoms with Crippen LogP contribution in [0.15, 0.2) is 24.8 Å². The largest absolute Gasteiger partial charge is 0.382 e. The zero-order valence-electron chi connectivity index (χ0n) is 5.73. The fourth-order valence-electron chi connectivity index (χ4n) is 0.846. The molecule has 56 valence electrons. The van der Waals surface area contributed by atoms with Gasteiger partial charge in [-0.2, -0.15) is 0 Å². The Morgan fingerprint density at radius 3 is 3.00 bits per heavy atom. The molecular weight excluding hydrogens is 142 g/mol.